The van der Waals surface area contributed by atoms with Crippen LogP contribution in [0, 0.1) is 0 Å². The van der Waals surface area contributed by atoms with E-state index < -0.39 is 13.0 Å². The van der Waals surface area contributed by atoms with E-state index in [1.54, 1.807) is 0 Å². The zero-order chi connectivity index (χ0) is 9.68. The van der Waals surface area contributed by atoms with Crippen LogP contribution in [0.1, 0.15) is 32.1 Å². The van der Waals surface area contributed by atoms with E-state index in [1.165, 1.54) is 12.8 Å². The minimum absolute atomic E-state index is 0.0171. The predicted molar refractivity (Wildman–Crippen MR) is 51.5 cm³/mol. The van der Waals surface area contributed by atoms with E-state index in [4.69, 9.17) is 4.74 Å². The van der Waals surface area contributed by atoms with Crippen LogP contribution in [0.4, 0.5) is 8.78 Å². The van der Waals surface area contributed by atoms with Crippen molar-refractivity contribution in [1.82, 2.24) is 0 Å². The first-order valence-electron chi connectivity index (χ1n) is 4.74. The highest BCUT2D eigenvalue weighted by molar-refractivity contribution is 9.09. The van der Waals surface area contributed by atoms with Crippen LogP contribution in [-0.4, -0.2) is 24.0 Å². The molecule has 2 unspecified atom stereocenters. The van der Waals surface area contributed by atoms with Crippen LogP contribution in [0.3, 0.4) is 0 Å². The lowest BCUT2D eigenvalue weighted by Gasteiger charge is -2.20. The summed E-state index contributed by atoms with van der Waals surface area (Å²) in [6.07, 6.45) is 3.03. The van der Waals surface area contributed by atoms with Gasteiger partial charge < -0.3 is 4.74 Å². The van der Waals surface area contributed by atoms with Crippen molar-refractivity contribution in [2.24, 2.45) is 0 Å². The molecule has 0 aromatic heterocycles. The summed E-state index contributed by atoms with van der Waals surface area (Å²) in [7, 11) is 0. The van der Waals surface area contributed by atoms with Gasteiger partial charge in [0.25, 0.3) is 6.43 Å². The highest BCUT2D eigenvalue weighted by atomic mass is 79.9. The number of hydrogen-bond acceptors (Lipinski definition) is 1. The minimum atomic E-state index is -2.34. The lowest BCUT2D eigenvalue weighted by molar-refractivity contribution is -0.0259. The summed E-state index contributed by atoms with van der Waals surface area (Å²) in [5, 5.41) is 0. The molecule has 0 heterocycles. The fourth-order valence-corrected chi connectivity index (χ4v) is 2.35. The average Bonchev–Trinajstić information content (AvgIpc) is 2.27. The van der Waals surface area contributed by atoms with E-state index >= 15 is 0 Å². The lowest BCUT2D eigenvalue weighted by atomic mass is 10.1. The molecule has 4 heteroatoms. The molecule has 13 heavy (non-hydrogen) atoms. The SMILES string of the molecule is FC(F)COC1CCCCCC1Br. The van der Waals surface area contributed by atoms with Gasteiger partial charge in [0, 0.05) is 4.83 Å². The largest absolute Gasteiger partial charge is 0.371 e. The van der Waals surface area contributed by atoms with Crippen molar-refractivity contribution in [2.75, 3.05) is 6.61 Å². The molecule has 0 radical (unpaired) electrons. The van der Waals surface area contributed by atoms with Gasteiger partial charge in [0.05, 0.1) is 6.10 Å². The van der Waals surface area contributed by atoms with Crippen LogP contribution in [0.25, 0.3) is 0 Å². The summed E-state index contributed by atoms with van der Waals surface area (Å²) in [4.78, 5) is 0.258. The van der Waals surface area contributed by atoms with Crippen molar-refractivity contribution in [2.45, 2.75) is 49.5 Å². The smallest absolute Gasteiger partial charge is 0.261 e. The van der Waals surface area contributed by atoms with Crippen LogP contribution in [0.15, 0.2) is 0 Å². The molecule has 1 aliphatic carbocycles. The zero-order valence-corrected chi connectivity index (χ0v) is 9.10. The number of ether oxygens (including phenoxy) is 1. The quantitative estimate of drug-likeness (QED) is 0.556. The molecule has 0 spiro atoms. The van der Waals surface area contributed by atoms with E-state index in [-0.39, 0.29) is 10.9 Å². The average molecular weight is 257 g/mol. The third kappa shape index (κ3) is 4.36. The van der Waals surface area contributed by atoms with Crippen LogP contribution < -0.4 is 0 Å². The zero-order valence-electron chi connectivity index (χ0n) is 7.52. The van der Waals surface area contributed by atoms with Crippen molar-refractivity contribution < 1.29 is 13.5 Å². The molecule has 2 atom stereocenters. The van der Waals surface area contributed by atoms with Crippen molar-refractivity contribution in [3.05, 3.63) is 0 Å². The second-order valence-electron chi connectivity index (χ2n) is 3.42. The Bertz CT molecular complexity index is 144. The Hall–Kier alpha value is 0.300. The number of hydrogen-bond donors (Lipinski definition) is 0. The Morgan fingerprint density at radius 1 is 1.23 bits per heavy atom. The van der Waals surface area contributed by atoms with Gasteiger partial charge in [0.2, 0.25) is 0 Å². The van der Waals surface area contributed by atoms with Crippen LogP contribution in [0.5, 0.6) is 0 Å². The minimum Gasteiger partial charge on any atom is -0.371 e. The molecule has 1 fully saturated rings. The molecule has 78 valence electrons. The summed E-state index contributed by atoms with van der Waals surface area (Å²) in [5.41, 5.74) is 0. The molecule has 0 aromatic carbocycles. The summed E-state index contributed by atoms with van der Waals surface area (Å²) in [5.74, 6) is 0. The van der Waals surface area contributed by atoms with Crippen LogP contribution in [-0.2, 0) is 4.74 Å². The van der Waals surface area contributed by atoms with Crippen molar-refractivity contribution >= 4 is 15.9 Å². The maximum atomic E-state index is 11.9. The van der Waals surface area contributed by atoms with E-state index in [0.29, 0.717) is 0 Å². The Morgan fingerprint density at radius 3 is 2.62 bits per heavy atom. The van der Waals surface area contributed by atoms with Gasteiger partial charge in [-0.2, -0.15) is 0 Å². The first kappa shape index (κ1) is 11.4. The summed E-state index contributed by atoms with van der Waals surface area (Å²) < 4.78 is 28.9. The molecule has 1 aliphatic rings. The molecule has 0 aromatic rings. The molecular weight excluding hydrogens is 242 g/mol. The van der Waals surface area contributed by atoms with Crippen LogP contribution >= 0.6 is 15.9 Å². The van der Waals surface area contributed by atoms with Crippen molar-refractivity contribution in [3.8, 4) is 0 Å². The maximum absolute atomic E-state index is 11.9. The fourth-order valence-electron chi connectivity index (χ4n) is 1.61. The topological polar surface area (TPSA) is 9.23 Å². The molecule has 0 aliphatic heterocycles. The molecule has 0 saturated heterocycles. The lowest BCUT2D eigenvalue weighted by Crippen LogP contribution is -2.25. The molecule has 1 saturated carbocycles. The van der Waals surface area contributed by atoms with E-state index in [9.17, 15) is 8.78 Å². The first-order chi connectivity index (χ1) is 6.20. The monoisotopic (exact) mass is 256 g/mol. The highest BCUT2D eigenvalue weighted by Crippen LogP contribution is 2.26. The molecular formula is C9H15BrF2O. The number of halogens is 3. The molecule has 0 amide bonds. The molecule has 0 N–H and O–H groups in total. The predicted octanol–water partition coefficient (Wildman–Crippen LogP) is 3.36. The van der Waals surface area contributed by atoms with Crippen molar-refractivity contribution in [3.63, 3.8) is 0 Å². The normalized spacial score (nSPS) is 30.5. The Kier molecular flexibility index (Phi) is 5.17. The van der Waals surface area contributed by atoms with E-state index in [0.717, 1.165) is 19.3 Å². The number of alkyl halides is 3. The van der Waals surface area contributed by atoms with Gasteiger partial charge in [-0.15, -0.1) is 0 Å². The maximum Gasteiger partial charge on any atom is 0.261 e. The van der Waals surface area contributed by atoms with Gasteiger partial charge in [-0.1, -0.05) is 35.2 Å². The van der Waals surface area contributed by atoms with Crippen LogP contribution in [0.2, 0.25) is 0 Å². The Morgan fingerprint density at radius 2 is 1.92 bits per heavy atom. The van der Waals surface area contributed by atoms with Gasteiger partial charge in [-0.25, -0.2) is 8.78 Å². The number of rotatable bonds is 3. The van der Waals surface area contributed by atoms with Crippen molar-refractivity contribution in [1.29, 1.82) is 0 Å². The standard InChI is InChI=1S/C9H15BrF2O/c10-7-4-2-1-3-5-8(7)13-6-9(11)12/h7-9H,1-6H2. The summed E-state index contributed by atoms with van der Waals surface area (Å²) in [6.45, 7) is -0.424. The van der Waals surface area contributed by atoms with E-state index in [1.807, 2.05) is 0 Å². The van der Waals surface area contributed by atoms with Gasteiger partial charge in [0.15, 0.2) is 0 Å². The third-order valence-electron chi connectivity index (χ3n) is 2.31. The Balaban J connectivity index is 2.27. The molecule has 1 rings (SSSR count). The van der Waals surface area contributed by atoms with Gasteiger partial charge in [0.1, 0.15) is 6.61 Å². The van der Waals surface area contributed by atoms with Gasteiger partial charge >= 0.3 is 0 Å². The molecule has 1 nitrogen and oxygen atoms in total. The summed E-state index contributed by atoms with van der Waals surface area (Å²) >= 11 is 3.48. The van der Waals surface area contributed by atoms with Gasteiger partial charge in [-0.05, 0) is 12.8 Å². The van der Waals surface area contributed by atoms with E-state index in [2.05, 4.69) is 15.9 Å². The summed E-state index contributed by atoms with van der Waals surface area (Å²) in [6, 6.07) is 0. The van der Waals surface area contributed by atoms with Gasteiger partial charge in [-0.3, -0.25) is 0 Å². The first-order valence-corrected chi connectivity index (χ1v) is 5.65. The highest BCUT2D eigenvalue weighted by Gasteiger charge is 2.22. The molecule has 0 bridgehead atoms. The second-order valence-corrected chi connectivity index (χ2v) is 4.59. The fraction of sp³-hybridized carbons (Fsp3) is 1.00. The third-order valence-corrected chi connectivity index (χ3v) is 3.36. The Labute approximate surface area is 86.0 Å². The second kappa shape index (κ2) is 5.91.